The first-order valence-electron chi connectivity index (χ1n) is 10.7. The van der Waals surface area contributed by atoms with E-state index in [1.165, 1.54) is 21.6 Å². The van der Waals surface area contributed by atoms with Gasteiger partial charge in [-0.05, 0) is 17.7 Å². The summed E-state index contributed by atoms with van der Waals surface area (Å²) in [5.74, 6) is -3.00. The number of nitrogens with two attached hydrogens (primary N) is 1. The number of fused-ring (bicyclic) bond motifs is 1. The Labute approximate surface area is 213 Å². The van der Waals surface area contributed by atoms with Gasteiger partial charge in [0, 0.05) is 23.7 Å². The average molecular weight is 538 g/mol. The maximum atomic E-state index is 13.2. The van der Waals surface area contributed by atoms with Gasteiger partial charge in [0.25, 0.3) is 5.22 Å². The van der Waals surface area contributed by atoms with Gasteiger partial charge in [-0.3, -0.25) is 24.1 Å². The zero-order chi connectivity index (χ0) is 26.0. The van der Waals surface area contributed by atoms with Gasteiger partial charge in [0.2, 0.25) is 17.7 Å². The van der Waals surface area contributed by atoms with Gasteiger partial charge in [-0.1, -0.05) is 23.9 Å². The molecule has 2 saturated heterocycles. The van der Waals surface area contributed by atoms with Crippen molar-refractivity contribution < 1.29 is 38.9 Å². The Balaban J connectivity index is 1.49. The number of benzene rings is 1. The van der Waals surface area contributed by atoms with Crippen molar-refractivity contribution in [1.29, 1.82) is 0 Å². The molecular formula is C21H23N5O8S2. The summed E-state index contributed by atoms with van der Waals surface area (Å²) < 4.78 is 5.25. The van der Waals surface area contributed by atoms with E-state index < -0.39 is 47.0 Å². The van der Waals surface area contributed by atoms with Crippen molar-refractivity contribution in [2.24, 2.45) is 11.1 Å². The summed E-state index contributed by atoms with van der Waals surface area (Å²) in [5, 5.41) is 35.1. The molecule has 2 aliphatic heterocycles. The number of hydrogen-bond acceptors (Lipinski definition) is 11. The van der Waals surface area contributed by atoms with Crippen molar-refractivity contribution in [1.82, 2.24) is 15.1 Å². The Bertz CT molecular complexity index is 1180. The number of hydrogen-bond donors (Lipinski definition) is 4. The summed E-state index contributed by atoms with van der Waals surface area (Å²) >= 11 is 2.24. The first-order valence-corrected chi connectivity index (χ1v) is 12.8. The van der Waals surface area contributed by atoms with E-state index in [0.29, 0.717) is 11.3 Å². The smallest absolute Gasteiger partial charge is 0.313 e. The molecule has 192 valence electrons. The largest absolute Gasteiger partial charge is 0.481 e. The van der Waals surface area contributed by atoms with Crippen LogP contribution in [0.25, 0.3) is 0 Å². The number of nitrogens with zero attached hydrogens (tertiary/aromatic N) is 4. The van der Waals surface area contributed by atoms with Gasteiger partial charge in [0.15, 0.2) is 0 Å². The lowest BCUT2D eigenvalue weighted by Crippen LogP contribution is -2.75. The second-order valence-electron chi connectivity index (χ2n) is 8.31. The number of rotatable bonds is 10. The van der Waals surface area contributed by atoms with E-state index >= 15 is 0 Å². The molecule has 0 spiro atoms. The van der Waals surface area contributed by atoms with Crippen LogP contribution < -0.4 is 10.6 Å². The van der Waals surface area contributed by atoms with Crippen LogP contribution in [0.4, 0.5) is 5.69 Å². The fourth-order valence-electron chi connectivity index (χ4n) is 4.00. The highest BCUT2D eigenvalue weighted by molar-refractivity contribution is 8.00. The molecular weight excluding hydrogens is 514 g/mol. The molecule has 1 aromatic heterocycles. The average Bonchev–Trinajstić information content (AvgIpc) is 3.31. The Morgan fingerprint density at radius 1 is 1.25 bits per heavy atom. The van der Waals surface area contributed by atoms with Crippen molar-refractivity contribution in [3.63, 3.8) is 0 Å². The normalized spacial score (nSPS) is 23.1. The maximum absolute atomic E-state index is 13.2. The van der Waals surface area contributed by atoms with Crippen LogP contribution in [0.2, 0.25) is 0 Å². The predicted octanol–water partition coefficient (Wildman–Crippen LogP) is -0.372. The van der Waals surface area contributed by atoms with Crippen molar-refractivity contribution in [2.45, 2.75) is 29.7 Å². The maximum Gasteiger partial charge on any atom is 0.313 e. The highest BCUT2D eigenvalue weighted by Crippen LogP contribution is 2.46. The van der Waals surface area contributed by atoms with E-state index in [2.05, 4.69) is 10.2 Å². The second-order valence-corrected chi connectivity index (χ2v) is 10.3. The highest BCUT2D eigenvalue weighted by atomic mass is 32.2. The van der Waals surface area contributed by atoms with Gasteiger partial charge in [0.1, 0.15) is 23.3 Å². The number of aliphatic carboxylic acids is 2. The van der Waals surface area contributed by atoms with Gasteiger partial charge in [-0.2, -0.15) is 0 Å². The minimum atomic E-state index is -1.32. The molecule has 0 saturated carbocycles. The van der Waals surface area contributed by atoms with Crippen LogP contribution in [0, 0.1) is 5.41 Å². The second kappa shape index (κ2) is 10.5. The number of thioether (sulfide) groups is 2. The molecule has 5 N–H and O–H groups in total. The number of β-lactam (4-membered cyclic amide) rings is 1. The number of aliphatic hydroxyl groups is 1. The highest BCUT2D eigenvalue weighted by Gasteiger charge is 2.59. The molecule has 13 nitrogen and oxygen atoms in total. The van der Waals surface area contributed by atoms with E-state index in [1.807, 2.05) is 0 Å². The third-order valence-electron chi connectivity index (χ3n) is 5.91. The fraction of sp³-hybridized carbons (Fsp3) is 0.429. The van der Waals surface area contributed by atoms with Crippen LogP contribution in [-0.2, 0) is 32.2 Å². The summed E-state index contributed by atoms with van der Waals surface area (Å²) in [5.41, 5.74) is 5.39. The molecule has 4 rings (SSSR count). The number of amides is 2. The van der Waals surface area contributed by atoms with Gasteiger partial charge < -0.3 is 30.4 Å². The molecule has 3 heterocycles. The molecule has 2 unspecified atom stereocenters. The number of aromatic nitrogens is 2. The van der Waals surface area contributed by atoms with Crippen LogP contribution in [-0.4, -0.2) is 90.2 Å². The fourth-order valence-corrected chi connectivity index (χ4v) is 6.69. The molecule has 3 atom stereocenters. The first-order chi connectivity index (χ1) is 17.2. The summed E-state index contributed by atoms with van der Waals surface area (Å²) in [4.78, 5) is 51.7. The van der Waals surface area contributed by atoms with E-state index in [4.69, 9.17) is 15.3 Å². The molecule has 36 heavy (non-hydrogen) atoms. The SMILES string of the molecule is NCC(=O)N(c1ccc(CO)cc1)C1C(=O)N2CC(CSc3nnc(CC(=O)O)o3)(C(=O)O)CS[C@H]12. The van der Waals surface area contributed by atoms with E-state index in [-0.39, 0.29) is 42.3 Å². The van der Waals surface area contributed by atoms with E-state index in [9.17, 15) is 29.4 Å². The predicted molar refractivity (Wildman–Crippen MR) is 127 cm³/mol. The number of carbonyl (C=O) groups is 4. The molecule has 0 bridgehead atoms. The molecule has 0 radical (unpaired) electrons. The van der Waals surface area contributed by atoms with E-state index in [1.54, 1.807) is 24.3 Å². The lowest BCUT2D eigenvalue weighted by atomic mass is 9.89. The third kappa shape index (κ3) is 4.91. The zero-order valence-corrected chi connectivity index (χ0v) is 20.4. The van der Waals surface area contributed by atoms with Crippen molar-refractivity contribution in [3.05, 3.63) is 35.7 Å². The first kappa shape index (κ1) is 25.9. The van der Waals surface area contributed by atoms with Crippen LogP contribution in [0.3, 0.4) is 0 Å². The Morgan fingerprint density at radius 2 is 1.97 bits per heavy atom. The van der Waals surface area contributed by atoms with Crippen LogP contribution >= 0.6 is 23.5 Å². The van der Waals surface area contributed by atoms with Crippen LogP contribution in [0.15, 0.2) is 33.9 Å². The van der Waals surface area contributed by atoms with Crippen molar-refractivity contribution >= 4 is 53.0 Å². The standard InChI is InChI=1S/C21H23N5O8S2/c22-6-14(28)26(12-3-1-11(7-27)2-4-12)16-17(31)25-8-21(19(32)33,9-35-18(16)25)10-36-20-24-23-13(34-20)5-15(29)30/h1-4,16,18,27H,5-10,22H2,(H,29,30)(H,32,33)/t16?,18-,21?/m1/s1. The number of aliphatic hydroxyl groups excluding tert-OH is 1. The summed E-state index contributed by atoms with van der Waals surface area (Å²) in [7, 11) is 0. The van der Waals surface area contributed by atoms with Gasteiger partial charge in [0.05, 0.1) is 13.2 Å². The zero-order valence-electron chi connectivity index (χ0n) is 18.8. The Hall–Kier alpha value is -3.14. The van der Waals surface area contributed by atoms with Gasteiger partial charge in [-0.15, -0.1) is 22.0 Å². The number of carbonyl (C=O) groups excluding carboxylic acids is 2. The summed E-state index contributed by atoms with van der Waals surface area (Å²) in [6.45, 7) is -0.557. The number of carboxylic acid groups (broad SMARTS) is 2. The lowest BCUT2D eigenvalue weighted by molar-refractivity contribution is -0.156. The lowest BCUT2D eigenvalue weighted by Gasteiger charge is -2.56. The molecule has 2 amide bonds. The molecule has 2 aliphatic rings. The van der Waals surface area contributed by atoms with Crippen LogP contribution in [0.1, 0.15) is 11.5 Å². The topological polar surface area (TPSA) is 200 Å². The van der Waals surface area contributed by atoms with Gasteiger partial charge in [-0.25, -0.2) is 0 Å². The van der Waals surface area contributed by atoms with Crippen LogP contribution in [0.5, 0.6) is 0 Å². The molecule has 2 fully saturated rings. The molecule has 0 aliphatic carbocycles. The third-order valence-corrected chi connectivity index (χ3v) is 8.59. The van der Waals surface area contributed by atoms with Gasteiger partial charge >= 0.3 is 11.9 Å². The summed E-state index contributed by atoms with van der Waals surface area (Å²) in [6.07, 6.45) is -0.445. The monoisotopic (exact) mass is 537 g/mol. The minimum absolute atomic E-state index is 0.0132. The molecule has 1 aromatic carbocycles. The minimum Gasteiger partial charge on any atom is -0.481 e. The Morgan fingerprint density at radius 3 is 2.58 bits per heavy atom. The quantitative estimate of drug-likeness (QED) is 0.226. The Kier molecular flexibility index (Phi) is 7.54. The van der Waals surface area contributed by atoms with E-state index in [0.717, 1.165) is 11.8 Å². The van der Waals surface area contributed by atoms with Crippen molar-refractivity contribution in [2.75, 3.05) is 29.5 Å². The molecule has 15 heteroatoms. The number of anilines is 1. The summed E-state index contributed by atoms with van der Waals surface area (Å²) in [6, 6.07) is 5.72. The van der Waals surface area contributed by atoms with Crippen molar-refractivity contribution in [3.8, 4) is 0 Å². The number of carboxylic acids is 2. The molecule has 2 aromatic rings.